The smallest absolute Gasteiger partial charge is 0.272 e. The van der Waals surface area contributed by atoms with Crippen molar-refractivity contribution in [3.8, 4) is 0 Å². The highest BCUT2D eigenvalue weighted by Gasteiger charge is 2.28. The zero-order chi connectivity index (χ0) is 17.0. The van der Waals surface area contributed by atoms with Crippen LogP contribution in [0, 0.1) is 25.6 Å². The highest BCUT2D eigenvalue weighted by atomic mass is 16.6. The number of benzene rings is 1. The van der Waals surface area contributed by atoms with Crippen LogP contribution in [0.5, 0.6) is 0 Å². The van der Waals surface area contributed by atoms with Crippen molar-refractivity contribution in [3.05, 3.63) is 50.6 Å². The molecule has 2 rings (SSSR count). The Labute approximate surface area is 133 Å². The summed E-state index contributed by atoms with van der Waals surface area (Å²) in [5, 5.41) is 26.1. The van der Waals surface area contributed by atoms with Crippen LogP contribution in [0.15, 0.2) is 35.5 Å². The molecule has 23 heavy (non-hydrogen) atoms. The number of non-ortho nitro benzene ring substituents is 1. The van der Waals surface area contributed by atoms with E-state index in [1.54, 1.807) is 0 Å². The zero-order valence-electron chi connectivity index (χ0n) is 13.0. The molecule has 1 aromatic rings. The van der Waals surface area contributed by atoms with Crippen molar-refractivity contribution in [1.29, 1.82) is 0 Å². The molecule has 122 valence electrons. The Morgan fingerprint density at radius 2 is 2.00 bits per heavy atom. The lowest BCUT2D eigenvalue weighted by atomic mass is 9.75. The average Bonchev–Trinajstić information content (AvgIpc) is 2.52. The monoisotopic (exact) mass is 318 g/mol. The van der Waals surface area contributed by atoms with Crippen LogP contribution in [-0.2, 0) is 0 Å². The summed E-state index contributed by atoms with van der Waals surface area (Å²) >= 11 is 0. The maximum atomic E-state index is 11.1. The van der Waals surface area contributed by atoms with Gasteiger partial charge >= 0.3 is 5.69 Å². The van der Waals surface area contributed by atoms with Gasteiger partial charge in [-0.1, -0.05) is 19.1 Å². The van der Waals surface area contributed by atoms with Crippen LogP contribution < -0.4 is 5.43 Å². The molecular weight excluding hydrogens is 300 g/mol. The molecule has 1 aromatic carbocycles. The van der Waals surface area contributed by atoms with Gasteiger partial charge in [-0.05, 0) is 32.3 Å². The molecule has 8 nitrogen and oxygen atoms in total. The van der Waals surface area contributed by atoms with Gasteiger partial charge in [-0.2, -0.15) is 5.10 Å². The Bertz CT molecular complexity index is 699. The molecule has 1 atom stereocenters. The van der Waals surface area contributed by atoms with Gasteiger partial charge in [0.05, 0.1) is 15.9 Å². The molecule has 0 bridgehead atoms. The summed E-state index contributed by atoms with van der Waals surface area (Å²) in [5.74, 6) is 0. The SMILES string of the molecule is C/C(=N\Nc1ccc([N+](=O)[O-])cc1[N+](=O)[O-])C1(C)CC=CCC1. The number of anilines is 1. The van der Waals surface area contributed by atoms with Crippen LogP contribution >= 0.6 is 0 Å². The van der Waals surface area contributed by atoms with Crippen LogP contribution in [0.25, 0.3) is 0 Å². The van der Waals surface area contributed by atoms with E-state index in [-0.39, 0.29) is 22.5 Å². The topological polar surface area (TPSA) is 111 Å². The van der Waals surface area contributed by atoms with Crippen LogP contribution in [-0.4, -0.2) is 15.6 Å². The van der Waals surface area contributed by atoms with Crippen molar-refractivity contribution in [2.24, 2.45) is 10.5 Å². The van der Waals surface area contributed by atoms with Gasteiger partial charge in [0.2, 0.25) is 0 Å². The largest absolute Gasteiger partial charge is 0.301 e. The molecule has 1 N–H and O–H groups in total. The summed E-state index contributed by atoms with van der Waals surface area (Å²) in [6, 6.07) is 3.44. The number of nitro benzene ring substituents is 2. The van der Waals surface area contributed by atoms with Crippen LogP contribution in [0.4, 0.5) is 17.1 Å². The summed E-state index contributed by atoms with van der Waals surface area (Å²) in [5.41, 5.74) is 2.88. The highest BCUT2D eigenvalue weighted by molar-refractivity contribution is 5.88. The van der Waals surface area contributed by atoms with E-state index in [9.17, 15) is 20.2 Å². The van der Waals surface area contributed by atoms with E-state index < -0.39 is 9.85 Å². The van der Waals surface area contributed by atoms with Crippen molar-refractivity contribution < 1.29 is 9.85 Å². The van der Waals surface area contributed by atoms with Crippen molar-refractivity contribution in [2.45, 2.75) is 33.1 Å². The average molecular weight is 318 g/mol. The Morgan fingerprint density at radius 3 is 2.57 bits per heavy atom. The lowest BCUT2D eigenvalue weighted by molar-refractivity contribution is -0.393. The summed E-state index contributed by atoms with van der Waals surface area (Å²) in [4.78, 5) is 20.5. The molecule has 1 aliphatic rings. The standard InChI is InChI=1S/C15H18N4O4/c1-11(15(2)8-4-3-5-9-15)16-17-13-7-6-12(18(20)21)10-14(13)19(22)23/h3-4,6-7,10,17H,5,8-9H2,1-2H3/b16-11+. The second kappa shape index (κ2) is 6.55. The molecule has 0 radical (unpaired) electrons. The summed E-state index contributed by atoms with van der Waals surface area (Å²) in [6.07, 6.45) is 7.04. The third kappa shape index (κ3) is 3.71. The molecular formula is C15H18N4O4. The number of hydrazone groups is 1. The van der Waals surface area contributed by atoms with Gasteiger partial charge in [0, 0.05) is 17.2 Å². The van der Waals surface area contributed by atoms with E-state index in [1.807, 2.05) is 6.92 Å². The fourth-order valence-corrected chi connectivity index (χ4v) is 2.45. The molecule has 8 heteroatoms. The maximum Gasteiger partial charge on any atom is 0.301 e. The lowest BCUT2D eigenvalue weighted by Crippen LogP contribution is -2.27. The Kier molecular flexibility index (Phi) is 4.73. The fraction of sp³-hybridized carbons (Fsp3) is 0.400. The molecule has 0 spiro atoms. The van der Waals surface area contributed by atoms with Gasteiger partial charge in [0.1, 0.15) is 5.69 Å². The molecule has 0 heterocycles. The maximum absolute atomic E-state index is 11.1. The van der Waals surface area contributed by atoms with E-state index in [0.717, 1.165) is 31.0 Å². The third-order valence-electron chi connectivity index (χ3n) is 4.20. The number of hydrogen-bond acceptors (Lipinski definition) is 6. The lowest BCUT2D eigenvalue weighted by Gasteiger charge is -2.30. The minimum absolute atomic E-state index is 0.0860. The van der Waals surface area contributed by atoms with Gasteiger partial charge in [-0.3, -0.25) is 25.7 Å². The molecule has 0 fully saturated rings. The number of rotatable bonds is 5. The van der Waals surface area contributed by atoms with Gasteiger partial charge in [0.25, 0.3) is 5.69 Å². The normalized spacial score (nSPS) is 21.0. The van der Waals surface area contributed by atoms with E-state index in [4.69, 9.17) is 0 Å². The predicted octanol–water partition coefficient (Wildman–Crippen LogP) is 4.04. The van der Waals surface area contributed by atoms with Gasteiger partial charge in [-0.15, -0.1) is 0 Å². The number of nitro groups is 2. The Hall–Kier alpha value is -2.77. The molecule has 0 aliphatic heterocycles. The van der Waals surface area contributed by atoms with Crippen molar-refractivity contribution >= 4 is 22.8 Å². The first-order chi connectivity index (χ1) is 10.8. The van der Waals surface area contributed by atoms with Crippen molar-refractivity contribution in [2.75, 3.05) is 5.43 Å². The number of hydrogen-bond donors (Lipinski definition) is 1. The molecule has 1 aliphatic carbocycles. The number of allylic oxidation sites excluding steroid dienone is 2. The van der Waals surface area contributed by atoms with E-state index >= 15 is 0 Å². The minimum atomic E-state index is -0.666. The van der Waals surface area contributed by atoms with Crippen molar-refractivity contribution in [3.63, 3.8) is 0 Å². The number of nitrogens with zero attached hydrogens (tertiary/aromatic N) is 3. The second-order valence-corrected chi connectivity index (χ2v) is 5.80. The van der Waals surface area contributed by atoms with E-state index in [0.29, 0.717) is 0 Å². The third-order valence-corrected chi connectivity index (χ3v) is 4.20. The van der Waals surface area contributed by atoms with Crippen LogP contribution in [0.3, 0.4) is 0 Å². The molecule has 0 aromatic heterocycles. The molecule has 0 saturated carbocycles. The molecule has 0 saturated heterocycles. The molecule has 1 unspecified atom stereocenters. The van der Waals surface area contributed by atoms with E-state index in [1.165, 1.54) is 12.1 Å². The van der Waals surface area contributed by atoms with Crippen molar-refractivity contribution in [1.82, 2.24) is 0 Å². The first-order valence-electron chi connectivity index (χ1n) is 7.22. The van der Waals surface area contributed by atoms with E-state index in [2.05, 4.69) is 29.6 Å². The first-order valence-corrected chi connectivity index (χ1v) is 7.22. The summed E-state index contributed by atoms with van der Waals surface area (Å²) in [7, 11) is 0. The Balaban J connectivity index is 2.25. The second-order valence-electron chi connectivity index (χ2n) is 5.80. The quantitative estimate of drug-likeness (QED) is 0.381. The van der Waals surface area contributed by atoms with Gasteiger partial charge < -0.3 is 0 Å². The molecule has 0 amide bonds. The van der Waals surface area contributed by atoms with Gasteiger partial charge in [-0.25, -0.2) is 0 Å². The fourth-order valence-electron chi connectivity index (χ4n) is 2.45. The first kappa shape index (κ1) is 16.6. The predicted molar refractivity (Wildman–Crippen MR) is 87.6 cm³/mol. The number of nitrogens with one attached hydrogen (secondary N) is 1. The van der Waals surface area contributed by atoms with Crippen LogP contribution in [0.2, 0.25) is 0 Å². The minimum Gasteiger partial charge on any atom is -0.272 e. The highest BCUT2D eigenvalue weighted by Crippen LogP contribution is 2.34. The van der Waals surface area contributed by atoms with Gasteiger partial charge in [0.15, 0.2) is 0 Å². The summed E-state index contributed by atoms with van der Waals surface area (Å²) < 4.78 is 0. The zero-order valence-corrected chi connectivity index (χ0v) is 13.0. The Morgan fingerprint density at radius 1 is 1.26 bits per heavy atom. The van der Waals surface area contributed by atoms with Crippen LogP contribution in [0.1, 0.15) is 33.1 Å². The summed E-state index contributed by atoms with van der Waals surface area (Å²) in [6.45, 7) is 3.98.